The van der Waals surface area contributed by atoms with Crippen LogP contribution >= 0.6 is 11.6 Å². The van der Waals surface area contributed by atoms with Crippen molar-refractivity contribution in [1.82, 2.24) is 0 Å². The summed E-state index contributed by atoms with van der Waals surface area (Å²) in [6.45, 7) is 4.22. The molecule has 0 atom stereocenters. The number of hydrogen-bond acceptors (Lipinski definition) is 3. The van der Waals surface area contributed by atoms with Crippen molar-refractivity contribution in [2.75, 3.05) is 10.2 Å². The molecule has 3 rings (SSSR count). The van der Waals surface area contributed by atoms with E-state index in [-0.39, 0.29) is 10.7 Å². The number of carbonyl (C=O) groups is 2. The molecule has 24 heavy (non-hydrogen) atoms. The molecule has 1 heterocycles. The highest BCUT2D eigenvalue weighted by atomic mass is 35.5. The van der Waals surface area contributed by atoms with Gasteiger partial charge in [0.2, 0.25) is 0 Å². The zero-order valence-electron chi connectivity index (χ0n) is 13.4. The Hall–Kier alpha value is -2.59. The number of amides is 2. The van der Waals surface area contributed by atoms with Gasteiger partial charge in [-0.1, -0.05) is 55.8 Å². The van der Waals surface area contributed by atoms with E-state index in [0.717, 1.165) is 4.90 Å². The highest BCUT2D eigenvalue weighted by Gasteiger charge is 2.38. The number of para-hydroxylation sites is 1. The minimum atomic E-state index is -0.519. The van der Waals surface area contributed by atoms with Crippen molar-refractivity contribution < 1.29 is 9.59 Å². The van der Waals surface area contributed by atoms with E-state index in [1.807, 2.05) is 30.3 Å². The summed E-state index contributed by atoms with van der Waals surface area (Å²) < 4.78 is 0. The van der Waals surface area contributed by atoms with Crippen LogP contribution in [0.4, 0.5) is 11.4 Å². The highest BCUT2D eigenvalue weighted by molar-refractivity contribution is 6.53. The van der Waals surface area contributed by atoms with Crippen LogP contribution in [0.15, 0.2) is 65.3 Å². The van der Waals surface area contributed by atoms with Crippen molar-refractivity contribution >= 4 is 34.8 Å². The monoisotopic (exact) mass is 340 g/mol. The van der Waals surface area contributed by atoms with Crippen LogP contribution in [0.2, 0.25) is 0 Å². The van der Waals surface area contributed by atoms with Gasteiger partial charge in [0, 0.05) is 5.69 Å². The van der Waals surface area contributed by atoms with Crippen LogP contribution < -0.4 is 10.2 Å². The van der Waals surface area contributed by atoms with Gasteiger partial charge in [0.25, 0.3) is 11.8 Å². The predicted molar refractivity (Wildman–Crippen MR) is 96.0 cm³/mol. The lowest BCUT2D eigenvalue weighted by Crippen LogP contribution is -2.32. The van der Waals surface area contributed by atoms with E-state index in [1.54, 1.807) is 24.3 Å². The average Bonchev–Trinajstić information content (AvgIpc) is 2.80. The Balaban J connectivity index is 1.85. The molecule has 0 bridgehead atoms. The molecule has 4 nitrogen and oxygen atoms in total. The molecule has 0 aromatic heterocycles. The molecular weight excluding hydrogens is 324 g/mol. The molecule has 1 N–H and O–H groups in total. The zero-order chi connectivity index (χ0) is 17.3. The fraction of sp³-hybridized carbons (Fsp3) is 0.158. The molecule has 2 aromatic carbocycles. The predicted octanol–water partition coefficient (Wildman–Crippen LogP) is 4.25. The molecule has 0 radical (unpaired) electrons. The van der Waals surface area contributed by atoms with Crippen LogP contribution in [0.1, 0.15) is 25.3 Å². The number of hydrogen-bond donors (Lipinski definition) is 1. The molecule has 0 saturated heterocycles. The van der Waals surface area contributed by atoms with Gasteiger partial charge in [-0.05, 0) is 35.7 Å². The van der Waals surface area contributed by atoms with Crippen LogP contribution in [0.25, 0.3) is 0 Å². The summed E-state index contributed by atoms with van der Waals surface area (Å²) in [7, 11) is 0. The van der Waals surface area contributed by atoms with E-state index in [1.165, 1.54) is 5.56 Å². The molecule has 0 spiro atoms. The van der Waals surface area contributed by atoms with Crippen molar-refractivity contribution in [2.45, 2.75) is 19.8 Å². The first kappa shape index (κ1) is 16.3. The van der Waals surface area contributed by atoms with Crippen molar-refractivity contribution in [3.63, 3.8) is 0 Å². The van der Waals surface area contributed by atoms with Crippen LogP contribution in [0.3, 0.4) is 0 Å². The molecule has 122 valence electrons. The second-order valence-corrected chi connectivity index (χ2v) is 6.25. The minimum Gasteiger partial charge on any atom is -0.350 e. The van der Waals surface area contributed by atoms with E-state index in [9.17, 15) is 9.59 Å². The lowest BCUT2D eigenvalue weighted by molar-refractivity contribution is -0.120. The van der Waals surface area contributed by atoms with Gasteiger partial charge < -0.3 is 5.32 Å². The van der Waals surface area contributed by atoms with Crippen LogP contribution in [-0.4, -0.2) is 11.8 Å². The van der Waals surface area contributed by atoms with Crippen molar-refractivity contribution in [3.05, 3.63) is 70.9 Å². The SMILES string of the molecule is CC(C)c1ccc(NC2=C(Cl)C(=O)N(c3ccccc3)C2=O)cc1. The molecule has 0 saturated carbocycles. The summed E-state index contributed by atoms with van der Waals surface area (Å²) >= 11 is 6.10. The number of nitrogens with one attached hydrogen (secondary N) is 1. The number of carbonyl (C=O) groups excluding carboxylic acids is 2. The molecule has 1 aliphatic rings. The third-order valence-corrected chi connectivity index (χ3v) is 4.24. The summed E-state index contributed by atoms with van der Waals surface area (Å²) in [5.74, 6) is -0.552. The van der Waals surface area contributed by atoms with Gasteiger partial charge in [-0.3, -0.25) is 9.59 Å². The summed E-state index contributed by atoms with van der Waals surface area (Å²) in [4.78, 5) is 26.0. The lowest BCUT2D eigenvalue weighted by atomic mass is 10.0. The van der Waals surface area contributed by atoms with Crippen LogP contribution in [-0.2, 0) is 9.59 Å². The first-order valence-corrected chi connectivity index (χ1v) is 8.07. The Bertz CT molecular complexity index is 811. The molecule has 0 unspecified atom stereocenters. The maximum absolute atomic E-state index is 12.6. The molecule has 2 amide bonds. The third-order valence-electron chi connectivity index (χ3n) is 3.89. The van der Waals surface area contributed by atoms with Crippen molar-refractivity contribution in [1.29, 1.82) is 0 Å². The topological polar surface area (TPSA) is 49.4 Å². The summed E-state index contributed by atoms with van der Waals surface area (Å²) in [6, 6.07) is 16.4. The van der Waals surface area contributed by atoms with Crippen LogP contribution in [0, 0.1) is 0 Å². The third kappa shape index (κ3) is 2.93. The summed E-state index contributed by atoms with van der Waals surface area (Å²) in [5, 5.41) is 2.87. The van der Waals surface area contributed by atoms with E-state index in [2.05, 4.69) is 19.2 Å². The standard InChI is InChI=1S/C19H17ClN2O2/c1-12(2)13-8-10-14(11-9-13)21-17-16(20)18(23)22(19(17)24)15-6-4-3-5-7-15/h3-12,21H,1-2H3. The maximum atomic E-state index is 12.6. The minimum absolute atomic E-state index is 0.0998. The fourth-order valence-electron chi connectivity index (χ4n) is 2.52. The number of imide groups is 1. The summed E-state index contributed by atoms with van der Waals surface area (Å²) in [6.07, 6.45) is 0. The Morgan fingerprint density at radius 1 is 0.917 bits per heavy atom. The normalized spacial score (nSPS) is 14.8. The Morgan fingerprint density at radius 3 is 2.12 bits per heavy atom. The van der Waals surface area contributed by atoms with Gasteiger partial charge in [-0.2, -0.15) is 0 Å². The van der Waals surface area contributed by atoms with Gasteiger partial charge in [-0.25, -0.2) is 4.90 Å². The number of benzene rings is 2. The molecule has 2 aromatic rings. The van der Waals surface area contributed by atoms with Crippen molar-refractivity contribution in [2.24, 2.45) is 0 Å². The fourth-order valence-corrected chi connectivity index (χ4v) is 2.73. The second kappa shape index (κ2) is 6.49. The van der Waals surface area contributed by atoms with Gasteiger partial charge in [0.1, 0.15) is 10.7 Å². The Kier molecular flexibility index (Phi) is 4.40. The van der Waals surface area contributed by atoms with E-state index in [4.69, 9.17) is 11.6 Å². The smallest absolute Gasteiger partial charge is 0.283 e. The number of halogens is 1. The number of rotatable bonds is 4. The van der Waals surface area contributed by atoms with E-state index in [0.29, 0.717) is 17.3 Å². The van der Waals surface area contributed by atoms with Crippen LogP contribution in [0.5, 0.6) is 0 Å². The lowest BCUT2D eigenvalue weighted by Gasteiger charge is -2.15. The van der Waals surface area contributed by atoms with E-state index < -0.39 is 11.8 Å². The molecule has 1 aliphatic heterocycles. The Labute approximate surface area is 145 Å². The molecular formula is C19H17ClN2O2. The van der Waals surface area contributed by atoms with Gasteiger partial charge in [0.15, 0.2) is 0 Å². The highest BCUT2D eigenvalue weighted by Crippen LogP contribution is 2.30. The Morgan fingerprint density at radius 2 is 1.54 bits per heavy atom. The maximum Gasteiger partial charge on any atom is 0.283 e. The van der Waals surface area contributed by atoms with Gasteiger partial charge in [-0.15, -0.1) is 0 Å². The van der Waals surface area contributed by atoms with Gasteiger partial charge >= 0.3 is 0 Å². The first-order chi connectivity index (χ1) is 11.5. The van der Waals surface area contributed by atoms with Crippen molar-refractivity contribution in [3.8, 4) is 0 Å². The second-order valence-electron chi connectivity index (χ2n) is 5.87. The van der Waals surface area contributed by atoms with Gasteiger partial charge in [0.05, 0.1) is 5.69 Å². The number of nitrogens with zero attached hydrogens (tertiary/aromatic N) is 1. The van der Waals surface area contributed by atoms with E-state index >= 15 is 0 Å². The zero-order valence-corrected chi connectivity index (χ0v) is 14.2. The largest absolute Gasteiger partial charge is 0.350 e. The summed E-state index contributed by atoms with van der Waals surface area (Å²) in [5.41, 5.74) is 2.50. The number of anilines is 2. The molecule has 5 heteroatoms. The molecule has 0 aliphatic carbocycles. The average molecular weight is 341 g/mol. The first-order valence-electron chi connectivity index (χ1n) is 7.69. The molecule has 0 fully saturated rings. The quantitative estimate of drug-likeness (QED) is 0.847.